The van der Waals surface area contributed by atoms with Crippen LogP contribution in [0.5, 0.6) is 0 Å². The maximum absolute atomic E-state index is 11.7. The Balaban J connectivity index is 1.86. The Morgan fingerprint density at radius 2 is 1.95 bits per heavy atom. The van der Waals surface area contributed by atoms with E-state index in [2.05, 4.69) is 16.6 Å². The van der Waals surface area contributed by atoms with Crippen molar-refractivity contribution in [2.24, 2.45) is 5.92 Å². The molecule has 1 saturated carbocycles. The standard InChI is InChI=1S/C15H19NO3S/c17-10-2-1-3-13-4-6-14(7-5-13)11-16-20(18,19)12-15-8-9-15/h4-7,15-17H,2,8-12H2. The molecule has 0 unspecified atom stereocenters. The Bertz CT molecular complexity index is 592. The van der Waals surface area contributed by atoms with E-state index in [0.29, 0.717) is 18.9 Å². The van der Waals surface area contributed by atoms with Crippen LogP contribution in [-0.4, -0.2) is 25.9 Å². The molecule has 1 aliphatic rings. The molecule has 5 heteroatoms. The second-order valence-corrected chi connectivity index (χ2v) is 6.87. The van der Waals surface area contributed by atoms with Gasteiger partial charge in [-0.15, -0.1) is 0 Å². The second kappa shape index (κ2) is 6.89. The minimum atomic E-state index is -3.15. The molecule has 0 atom stereocenters. The van der Waals surface area contributed by atoms with Gasteiger partial charge in [0.15, 0.2) is 0 Å². The summed E-state index contributed by atoms with van der Waals surface area (Å²) in [5.74, 6) is 6.38. The van der Waals surface area contributed by atoms with E-state index in [0.717, 1.165) is 24.0 Å². The summed E-state index contributed by atoms with van der Waals surface area (Å²) in [6, 6.07) is 7.44. The molecule has 2 rings (SSSR count). The van der Waals surface area contributed by atoms with E-state index in [4.69, 9.17) is 5.11 Å². The fourth-order valence-corrected chi connectivity index (χ4v) is 3.23. The van der Waals surface area contributed by atoms with E-state index in [9.17, 15) is 8.42 Å². The molecule has 2 N–H and O–H groups in total. The van der Waals surface area contributed by atoms with Gasteiger partial charge < -0.3 is 5.11 Å². The van der Waals surface area contributed by atoms with Crippen molar-refractivity contribution < 1.29 is 13.5 Å². The molecule has 108 valence electrons. The highest BCUT2D eigenvalue weighted by atomic mass is 32.2. The predicted molar refractivity (Wildman–Crippen MR) is 78.4 cm³/mol. The lowest BCUT2D eigenvalue weighted by Gasteiger charge is -2.06. The third-order valence-corrected chi connectivity index (χ3v) is 4.57. The first-order valence-electron chi connectivity index (χ1n) is 6.75. The molecule has 20 heavy (non-hydrogen) atoms. The molecule has 0 aliphatic heterocycles. The molecular formula is C15H19NO3S. The Morgan fingerprint density at radius 3 is 2.55 bits per heavy atom. The zero-order valence-electron chi connectivity index (χ0n) is 11.3. The molecule has 1 aromatic carbocycles. The van der Waals surface area contributed by atoms with Crippen LogP contribution in [0.2, 0.25) is 0 Å². The molecule has 1 aliphatic carbocycles. The molecular weight excluding hydrogens is 274 g/mol. The summed E-state index contributed by atoms with van der Waals surface area (Å²) in [5.41, 5.74) is 1.78. The van der Waals surface area contributed by atoms with Crippen molar-refractivity contribution in [3.63, 3.8) is 0 Å². The molecule has 0 aromatic heterocycles. The molecule has 0 saturated heterocycles. The number of aliphatic hydroxyl groups is 1. The SMILES string of the molecule is O=S(=O)(CC1CC1)NCc1ccc(C#CCCO)cc1. The van der Waals surface area contributed by atoms with Gasteiger partial charge >= 0.3 is 0 Å². The Labute approximate surface area is 120 Å². The number of hydrogen-bond donors (Lipinski definition) is 2. The van der Waals surface area contributed by atoms with E-state index in [-0.39, 0.29) is 12.4 Å². The van der Waals surface area contributed by atoms with Crippen molar-refractivity contribution in [2.75, 3.05) is 12.4 Å². The van der Waals surface area contributed by atoms with Gasteiger partial charge in [-0.1, -0.05) is 24.0 Å². The second-order valence-electron chi connectivity index (χ2n) is 5.02. The topological polar surface area (TPSA) is 66.4 Å². The first kappa shape index (κ1) is 15.0. The molecule has 1 aromatic rings. The Hall–Kier alpha value is -1.35. The summed E-state index contributed by atoms with van der Waals surface area (Å²) in [5, 5.41) is 8.63. The number of rotatable bonds is 6. The Morgan fingerprint density at radius 1 is 1.25 bits per heavy atom. The van der Waals surface area contributed by atoms with Crippen molar-refractivity contribution in [2.45, 2.75) is 25.8 Å². The highest BCUT2D eigenvalue weighted by Gasteiger charge is 2.27. The van der Waals surface area contributed by atoms with Gasteiger partial charge in [-0.2, -0.15) is 0 Å². The fourth-order valence-electron chi connectivity index (χ4n) is 1.77. The van der Waals surface area contributed by atoms with E-state index in [1.165, 1.54) is 0 Å². The van der Waals surface area contributed by atoms with Crippen molar-refractivity contribution in [1.29, 1.82) is 0 Å². The highest BCUT2D eigenvalue weighted by Crippen LogP contribution is 2.29. The summed E-state index contributed by atoms with van der Waals surface area (Å²) in [4.78, 5) is 0. The van der Waals surface area contributed by atoms with Gasteiger partial charge in [-0.05, 0) is 36.5 Å². The van der Waals surface area contributed by atoms with Crippen LogP contribution in [0.25, 0.3) is 0 Å². The van der Waals surface area contributed by atoms with Crippen LogP contribution in [-0.2, 0) is 16.6 Å². The van der Waals surface area contributed by atoms with Gasteiger partial charge in [0.25, 0.3) is 0 Å². The van der Waals surface area contributed by atoms with E-state index in [1.54, 1.807) is 0 Å². The van der Waals surface area contributed by atoms with Crippen LogP contribution in [0.3, 0.4) is 0 Å². The minimum Gasteiger partial charge on any atom is -0.395 e. The average molecular weight is 293 g/mol. The number of benzene rings is 1. The van der Waals surface area contributed by atoms with Crippen molar-refractivity contribution in [3.8, 4) is 11.8 Å². The summed E-state index contributed by atoms with van der Waals surface area (Å²) in [6.07, 6.45) is 2.52. The largest absolute Gasteiger partial charge is 0.395 e. The van der Waals surface area contributed by atoms with Crippen molar-refractivity contribution in [3.05, 3.63) is 35.4 Å². The van der Waals surface area contributed by atoms with E-state index >= 15 is 0 Å². The fraction of sp³-hybridized carbons (Fsp3) is 0.467. The third kappa shape index (κ3) is 5.33. The lowest BCUT2D eigenvalue weighted by atomic mass is 10.1. The van der Waals surface area contributed by atoms with Gasteiger partial charge in [-0.25, -0.2) is 13.1 Å². The first-order chi connectivity index (χ1) is 9.59. The summed E-state index contributed by atoms with van der Waals surface area (Å²) >= 11 is 0. The van der Waals surface area contributed by atoms with Gasteiger partial charge in [0, 0.05) is 18.5 Å². The normalized spacial score (nSPS) is 14.7. The van der Waals surface area contributed by atoms with E-state index in [1.807, 2.05) is 24.3 Å². The zero-order valence-corrected chi connectivity index (χ0v) is 12.1. The smallest absolute Gasteiger partial charge is 0.212 e. The summed E-state index contributed by atoms with van der Waals surface area (Å²) in [7, 11) is -3.15. The molecule has 0 bridgehead atoms. The van der Waals surface area contributed by atoms with Crippen LogP contribution in [0.1, 0.15) is 30.4 Å². The Kier molecular flexibility index (Phi) is 5.18. The molecule has 1 fully saturated rings. The minimum absolute atomic E-state index is 0.0634. The van der Waals surface area contributed by atoms with Crippen LogP contribution in [0.4, 0.5) is 0 Å². The van der Waals surface area contributed by atoms with E-state index < -0.39 is 10.0 Å². The lowest BCUT2D eigenvalue weighted by molar-refractivity contribution is 0.305. The monoisotopic (exact) mass is 293 g/mol. The average Bonchev–Trinajstić information content (AvgIpc) is 3.21. The number of hydrogen-bond acceptors (Lipinski definition) is 3. The summed E-state index contributed by atoms with van der Waals surface area (Å²) < 4.78 is 26.1. The van der Waals surface area contributed by atoms with Crippen molar-refractivity contribution >= 4 is 10.0 Å². The predicted octanol–water partition coefficient (Wildman–Crippen LogP) is 1.25. The number of aliphatic hydroxyl groups excluding tert-OH is 1. The maximum atomic E-state index is 11.7. The van der Waals surface area contributed by atoms with Gasteiger partial charge in [-0.3, -0.25) is 0 Å². The maximum Gasteiger partial charge on any atom is 0.212 e. The highest BCUT2D eigenvalue weighted by molar-refractivity contribution is 7.89. The van der Waals surface area contributed by atoms with Gasteiger partial charge in [0.05, 0.1) is 12.4 Å². The molecule has 0 amide bonds. The summed E-state index contributed by atoms with van der Waals surface area (Å²) in [6.45, 7) is 0.382. The molecule has 4 nitrogen and oxygen atoms in total. The van der Waals surface area contributed by atoms with Gasteiger partial charge in [0.1, 0.15) is 0 Å². The van der Waals surface area contributed by atoms with Crippen LogP contribution < -0.4 is 4.72 Å². The third-order valence-electron chi connectivity index (χ3n) is 3.07. The zero-order chi connectivity index (χ0) is 14.4. The quantitative estimate of drug-likeness (QED) is 0.776. The van der Waals surface area contributed by atoms with Crippen molar-refractivity contribution in [1.82, 2.24) is 4.72 Å². The lowest BCUT2D eigenvalue weighted by Crippen LogP contribution is -2.26. The van der Waals surface area contributed by atoms with Gasteiger partial charge in [0.2, 0.25) is 10.0 Å². The molecule has 0 radical (unpaired) electrons. The number of nitrogens with one attached hydrogen (secondary N) is 1. The molecule has 0 spiro atoms. The van der Waals surface area contributed by atoms with Crippen LogP contribution in [0, 0.1) is 17.8 Å². The van der Waals surface area contributed by atoms with Crippen LogP contribution in [0.15, 0.2) is 24.3 Å². The first-order valence-corrected chi connectivity index (χ1v) is 8.40. The van der Waals surface area contributed by atoms with Crippen LogP contribution >= 0.6 is 0 Å². The molecule has 0 heterocycles. The number of sulfonamides is 1.